The van der Waals surface area contributed by atoms with Gasteiger partial charge in [-0.05, 0) is 61.0 Å². The lowest BCUT2D eigenvalue weighted by atomic mass is 9.71. The summed E-state index contributed by atoms with van der Waals surface area (Å²) in [5.74, 6) is -1.01. The van der Waals surface area contributed by atoms with Crippen LogP contribution in [0.3, 0.4) is 0 Å². The van der Waals surface area contributed by atoms with E-state index in [-0.39, 0.29) is 11.1 Å². The third-order valence-corrected chi connectivity index (χ3v) is 6.64. The molecule has 2 aliphatic carbocycles. The van der Waals surface area contributed by atoms with Gasteiger partial charge < -0.3 is 4.74 Å². The Morgan fingerprint density at radius 3 is 2.26 bits per heavy atom. The van der Waals surface area contributed by atoms with Gasteiger partial charge in [0, 0.05) is 0 Å². The van der Waals surface area contributed by atoms with E-state index in [1.165, 1.54) is 57.1 Å². The van der Waals surface area contributed by atoms with Gasteiger partial charge in [0.2, 0.25) is 5.82 Å². The molecule has 0 spiro atoms. The van der Waals surface area contributed by atoms with Crippen LogP contribution in [0.25, 0.3) is 10.8 Å². The zero-order valence-corrected chi connectivity index (χ0v) is 15.7. The Bertz CT molecular complexity index is 790. The van der Waals surface area contributed by atoms with Crippen LogP contribution in [0.4, 0.5) is 13.2 Å². The normalized spacial score (nSPS) is 24.3. The first-order valence-corrected chi connectivity index (χ1v) is 10.3. The van der Waals surface area contributed by atoms with Gasteiger partial charge in [0.25, 0.3) is 0 Å². The highest BCUT2D eigenvalue weighted by molar-refractivity contribution is 5.85. The summed E-state index contributed by atoms with van der Waals surface area (Å²) < 4.78 is 48.0. The van der Waals surface area contributed by atoms with Gasteiger partial charge in [-0.25, -0.2) is 8.78 Å². The first-order valence-electron chi connectivity index (χ1n) is 10.3. The van der Waals surface area contributed by atoms with E-state index < -0.39 is 17.5 Å². The van der Waals surface area contributed by atoms with Gasteiger partial charge in [-0.3, -0.25) is 0 Å². The minimum atomic E-state index is -1.17. The Hall–Kier alpha value is -1.71. The van der Waals surface area contributed by atoms with Crippen LogP contribution in [0.15, 0.2) is 24.3 Å². The molecular weight excluding hydrogens is 349 g/mol. The molecule has 0 bridgehead atoms. The summed E-state index contributed by atoms with van der Waals surface area (Å²) in [5.41, 5.74) is 0. The zero-order valence-electron chi connectivity index (χ0n) is 15.7. The fourth-order valence-corrected chi connectivity index (χ4v) is 5.06. The summed E-state index contributed by atoms with van der Waals surface area (Å²) >= 11 is 0. The zero-order chi connectivity index (χ0) is 18.8. The van der Waals surface area contributed by atoms with E-state index in [1.54, 1.807) is 6.07 Å². The summed E-state index contributed by atoms with van der Waals surface area (Å²) in [6.07, 6.45) is 11.5. The van der Waals surface area contributed by atoms with Crippen LogP contribution in [-0.4, -0.2) is 6.61 Å². The van der Waals surface area contributed by atoms with Gasteiger partial charge in [-0.2, -0.15) is 4.39 Å². The molecule has 0 heterocycles. The summed E-state index contributed by atoms with van der Waals surface area (Å²) in [6, 6.07) is 5.61. The minimum Gasteiger partial charge on any atom is -0.490 e. The Labute approximate surface area is 158 Å². The Morgan fingerprint density at radius 1 is 0.815 bits per heavy atom. The quantitative estimate of drug-likeness (QED) is 0.557. The first kappa shape index (κ1) is 18.6. The number of halogens is 3. The van der Waals surface area contributed by atoms with E-state index in [9.17, 15) is 13.2 Å². The summed E-state index contributed by atoms with van der Waals surface area (Å²) in [6.45, 7) is 0.397. The lowest BCUT2D eigenvalue weighted by Gasteiger charge is -2.35. The standard InChI is InChI=1S/C23H27F3O/c24-19-8-4-7-18-13-20(22(25)23(26)21(18)19)27-14-15-9-11-17(12-10-15)16-5-2-1-3-6-16/h4,7-8,13,15-17H,1-3,5-6,9-12,14H2. The van der Waals surface area contributed by atoms with Crippen molar-refractivity contribution in [3.8, 4) is 5.75 Å². The lowest BCUT2D eigenvalue weighted by Crippen LogP contribution is -2.26. The van der Waals surface area contributed by atoms with Crippen molar-refractivity contribution in [3.63, 3.8) is 0 Å². The summed E-state index contributed by atoms with van der Waals surface area (Å²) in [4.78, 5) is 0. The first-order chi connectivity index (χ1) is 13.1. The Morgan fingerprint density at radius 2 is 1.52 bits per heavy atom. The van der Waals surface area contributed by atoms with Crippen molar-refractivity contribution in [3.05, 3.63) is 41.7 Å². The molecule has 0 saturated heterocycles. The van der Waals surface area contributed by atoms with Gasteiger partial charge in [-0.1, -0.05) is 44.2 Å². The lowest BCUT2D eigenvalue weighted by molar-refractivity contribution is 0.133. The number of hydrogen-bond donors (Lipinski definition) is 0. The third-order valence-electron chi connectivity index (χ3n) is 6.64. The fraction of sp³-hybridized carbons (Fsp3) is 0.565. The highest BCUT2D eigenvalue weighted by Crippen LogP contribution is 2.40. The molecule has 0 radical (unpaired) electrons. The third kappa shape index (κ3) is 3.95. The van der Waals surface area contributed by atoms with E-state index in [0.717, 1.165) is 30.7 Å². The molecule has 146 valence electrons. The van der Waals surface area contributed by atoms with Crippen LogP contribution in [0.5, 0.6) is 5.75 Å². The van der Waals surface area contributed by atoms with E-state index >= 15 is 0 Å². The maximum absolute atomic E-state index is 14.3. The molecule has 0 amide bonds. The molecule has 0 aliphatic heterocycles. The molecule has 2 aromatic rings. The Kier molecular flexibility index (Phi) is 5.60. The van der Waals surface area contributed by atoms with E-state index in [4.69, 9.17) is 4.74 Å². The summed E-state index contributed by atoms with van der Waals surface area (Å²) in [5, 5.41) is 0.0141. The van der Waals surface area contributed by atoms with Crippen LogP contribution in [-0.2, 0) is 0 Å². The highest BCUT2D eigenvalue weighted by atomic mass is 19.2. The molecule has 0 atom stereocenters. The fourth-order valence-electron chi connectivity index (χ4n) is 5.06. The SMILES string of the molecule is Fc1c(OCC2CCC(C3CCCCC3)CC2)cc2cccc(F)c2c1F. The van der Waals surface area contributed by atoms with Crippen molar-refractivity contribution >= 4 is 10.8 Å². The van der Waals surface area contributed by atoms with Crippen molar-refractivity contribution in [1.82, 2.24) is 0 Å². The van der Waals surface area contributed by atoms with Gasteiger partial charge in [0.05, 0.1) is 12.0 Å². The van der Waals surface area contributed by atoms with E-state index in [0.29, 0.717) is 17.9 Å². The minimum absolute atomic E-state index is 0.111. The molecule has 2 aliphatic rings. The molecule has 4 heteroatoms. The Balaban J connectivity index is 1.37. The molecular formula is C23H27F3O. The molecule has 2 aromatic carbocycles. The predicted octanol–water partition coefficient (Wildman–Crippen LogP) is 7.02. The van der Waals surface area contributed by atoms with Crippen molar-refractivity contribution < 1.29 is 17.9 Å². The van der Waals surface area contributed by atoms with Gasteiger partial charge in [-0.15, -0.1) is 0 Å². The van der Waals surface area contributed by atoms with E-state index in [1.807, 2.05) is 0 Å². The van der Waals surface area contributed by atoms with E-state index in [2.05, 4.69) is 0 Å². The number of benzene rings is 2. The topological polar surface area (TPSA) is 9.23 Å². The number of ether oxygens (including phenoxy) is 1. The second-order valence-corrected chi connectivity index (χ2v) is 8.33. The number of hydrogen-bond acceptors (Lipinski definition) is 1. The van der Waals surface area contributed by atoms with Gasteiger partial charge in [0.1, 0.15) is 5.82 Å². The second-order valence-electron chi connectivity index (χ2n) is 8.33. The average Bonchev–Trinajstić information content (AvgIpc) is 2.70. The molecule has 0 unspecified atom stereocenters. The van der Waals surface area contributed by atoms with Crippen LogP contribution in [0.1, 0.15) is 57.8 Å². The van der Waals surface area contributed by atoms with Gasteiger partial charge >= 0.3 is 0 Å². The van der Waals surface area contributed by atoms with Crippen molar-refractivity contribution in [1.29, 1.82) is 0 Å². The summed E-state index contributed by atoms with van der Waals surface area (Å²) in [7, 11) is 0. The molecule has 2 saturated carbocycles. The van der Waals surface area contributed by atoms with Gasteiger partial charge in [0.15, 0.2) is 11.6 Å². The van der Waals surface area contributed by atoms with Crippen molar-refractivity contribution in [2.45, 2.75) is 57.8 Å². The molecule has 4 rings (SSSR count). The van der Waals surface area contributed by atoms with Crippen LogP contribution in [0.2, 0.25) is 0 Å². The number of fused-ring (bicyclic) bond motifs is 1. The van der Waals surface area contributed by atoms with Crippen LogP contribution >= 0.6 is 0 Å². The predicted molar refractivity (Wildman–Crippen MR) is 101 cm³/mol. The molecule has 1 nitrogen and oxygen atoms in total. The maximum atomic E-state index is 14.3. The van der Waals surface area contributed by atoms with Crippen LogP contribution in [0, 0.1) is 35.2 Å². The second kappa shape index (κ2) is 8.12. The molecule has 2 fully saturated rings. The molecule has 27 heavy (non-hydrogen) atoms. The molecule has 0 N–H and O–H groups in total. The van der Waals surface area contributed by atoms with Crippen LogP contribution < -0.4 is 4.74 Å². The average molecular weight is 376 g/mol. The number of rotatable bonds is 4. The molecule has 0 aromatic heterocycles. The smallest absolute Gasteiger partial charge is 0.201 e. The monoisotopic (exact) mass is 376 g/mol. The maximum Gasteiger partial charge on any atom is 0.201 e. The largest absolute Gasteiger partial charge is 0.490 e. The van der Waals surface area contributed by atoms with Crippen molar-refractivity contribution in [2.24, 2.45) is 17.8 Å². The van der Waals surface area contributed by atoms with Crippen molar-refractivity contribution in [2.75, 3.05) is 6.61 Å². The highest BCUT2D eigenvalue weighted by Gasteiger charge is 2.29.